The zero-order valence-corrected chi connectivity index (χ0v) is 13.2. The largest absolute Gasteiger partial charge is 0.478 e. The van der Waals surface area contributed by atoms with Gasteiger partial charge in [0.15, 0.2) is 0 Å². The Kier molecular flexibility index (Phi) is 6.36. The average Bonchev–Trinajstić information content (AvgIpc) is 2.37. The summed E-state index contributed by atoms with van der Waals surface area (Å²) in [4.78, 5) is 23.4. The minimum absolute atomic E-state index is 0.0487. The van der Waals surface area contributed by atoms with Crippen molar-refractivity contribution in [2.24, 2.45) is 5.92 Å². The number of rotatable bonds is 6. The third-order valence-electron chi connectivity index (χ3n) is 2.93. The molecule has 1 aromatic carbocycles. The van der Waals surface area contributed by atoms with E-state index in [9.17, 15) is 9.59 Å². The summed E-state index contributed by atoms with van der Waals surface area (Å²) in [5.74, 6) is -0.519. The van der Waals surface area contributed by atoms with Gasteiger partial charge >= 0.3 is 5.97 Å². The summed E-state index contributed by atoms with van der Waals surface area (Å²) in [6.07, 6.45) is 0. The van der Waals surface area contributed by atoms with E-state index < -0.39 is 5.97 Å². The van der Waals surface area contributed by atoms with Crippen LogP contribution < -0.4 is 5.32 Å². The first-order chi connectivity index (χ1) is 9.31. The Labute approximate surface area is 127 Å². The number of carbonyl (C=O) groups is 2. The highest BCUT2D eigenvalue weighted by Crippen LogP contribution is 2.24. The minimum atomic E-state index is -1.07. The molecule has 6 heteroatoms. The molecule has 20 heavy (non-hydrogen) atoms. The summed E-state index contributed by atoms with van der Waals surface area (Å²) < 4.78 is 0. The first-order valence-corrected chi connectivity index (χ1v) is 7.62. The topological polar surface area (TPSA) is 66.4 Å². The number of thioether (sulfide) groups is 1. The monoisotopic (exact) mass is 315 g/mol. The van der Waals surface area contributed by atoms with E-state index in [1.54, 1.807) is 6.07 Å². The molecule has 0 aliphatic rings. The van der Waals surface area contributed by atoms with Gasteiger partial charge in [-0.25, -0.2) is 4.79 Å². The number of aromatic carboxylic acids is 1. The summed E-state index contributed by atoms with van der Waals surface area (Å²) in [5.41, 5.74) is 0.0487. The number of hydrogen-bond acceptors (Lipinski definition) is 3. The third-order valence-corrected chi connectivity index (χ3v) is 4.25. The predicted molar refractivity (Wildman–Crippen MR) is 81.6 cm³/mol. The molecule has 0 saturated carbocycles. The van der Waals surface area contributed by atoms with E-state index in [0.717, 1.165) is 0 Å². The van der Waals surface area contributed by atoms with Crippen molar-refractivity contribution in [3.63, 3.8) is 0 Å². The Morgan fingerprint density at radius 3 is 2.55 bits per heavy atom. The summed E-state index contributed by atoms with van der Waals surface area (Å²) in [7, 11) is 0. The lowest BCUT2D eigenvalue weighted by Gasteiger charge is -2.17. The highest BCUT2D eigenvalue weighted by atomic mass is 35.5. The van der Waals surface area contributed by atoms with Crippen LogP contribution in [0.5, 0.6) is 0 Å². The van der Waals surface area contributed by atoms with Crippen molar-refractivity contribution in [3.8, 4) is 0 Å². The summed E-state index contributed by atoms with van der Waals surface area (Å²) >= 11 is 7.08. The summed E-state index contributed by atoms with van der Waals surface area (Å²) in [6.45, 7) is 6.03. The first-order valence-electron chi connectivity index (χ1n) is 6.26. The Balaban J connectivity index is 2.60. The molecule has 2 N–H and O–H groups in total. The molecule has 1 atom stereocenters. The molecule has 1 aromatic rings. The van der Waals surface area contributed by atoms with E-state index in [-0.39, 0.29) is 28.3 Å². The van der Waals surface area contributed by atoms with Gasteiger partial charge in [0, 0.05) is 10.9 Å². The zero-order chi connectivity index (χ0) is 15.3. The van der Waals surface area contributed by atoms with Gasteiger partial charge in [0.1, 0.15) is 0 Å². The van der Waals surface area contributed by atoms with E-state index in [4.69, 9.17) is 16.7 Å². The van der Waals surface area contributed by atoms with Crippen LogP contribution in [0.1, 0.15) is 31.1 Å². The van der Waals surface area contributed by atoms with Gasteiger partial charge < -0.3 is 10.4 Å². The normalized spacial score (nSPS) is 12.2. The maximum absolute atomic E-state index is 11.7. The van der Waals surface area contributed by atoms with Crippen LogP contribution in [0.2, 0.25) is 5.02 Å². The van der Waals surface area contributed by atoms with Crippen molar-refractivity contribution >= 4 is 35.2 Å². The van der Waals surface area contributed by atoms with Crippen LogP contribution in [-0.2, 0) is 4.79 Å². The van der Waals surface area contributed by atoms with Gasteiger partial charge in [-0.3, -0.25) is 4.79 Å². The number of carboxylic acid groups (broad SMARTS) is 1. The van der Waals surface area contributed by atoms with E-state index in [1.165, 1.54) is 23.9 Å². The molecule has 0 heterocycles. The minimum Gasteiger partial charge on any atom is -0.478 e. The summed E-state index contributed by atoms with van der Waals surface area (Å²) in [5, 5.41) is 12.1. The smallest absolute Gasteiger partial charge is 0.337 e. The Morgan fingerprint density at radius 2 is 2.00 bits per heavy atom. The van der Waals surface area contributed by atoms with Gasteiger partial charge in [0.25, 0.3) is 0 Å². The Morgan fingerprint density at radius 1 is 1.35 bits per heavy atom. The fourth-order valence-electron chi connectivity index (χ4n) is 1.37. The highest BCUT2D eigenvalue weighted by Gasteiger charge is 2.13. The molecule has 110 valence electrons. The van der Waals surface area contributed by atoms with Crippen LogP contribution in [0.4, 0.5) is 0 Å². The number of carbonyl (C=O) groups excluding carboxylic acids is 1. The number of benzene rings is 1. The van der Waals surface area contributed by atoms with Gasteiger partial charge in [-0.15, -0.1) is 11.8 Å². The van der Waals surface area contributed by atoms with Gasteiger partial charge in [-0.2, -0.15) is 0 Å². The average molecular weight is 316 g/mol. The van der Waals surface area contributed by atoms with Crippen LogP contribution in [0, 0.1) is 5.92 Å². The number of halogens is 1. The molecule has 0 radical (unpaired) electrons. The van der Waals surface area contributed by atoms with Crippen LogP contribution in [-0.4, -0.2) is 28.8 Å². The Hall–Kier alpha value is -1.20. The molecule has 0 aromatic heterocycles. The fourth-order valence-corrected chi connectivity index (χ4v) is 2.31. The van der Waals surface area contributed by atoms with Crippen LogP contribution in [0.3, 0.4) is 0 Å². The molecule has 4 nitrogen and oxygen atoms in total. The lowest BCUT2D eigenvalue weighted by molar-refractivity contribution is -0.119. The van der Waals surface area contributed by atoms with Crippen molar-refractivity contribution in [1.82, 2.24) is 5.32 Å². The second kappa shape index (κ2) is 7.55. The predicted octanol–water partition coefficient (Wildman–Crippen LogP) is 3.29. The molecule has 0 bridgehead atoms. The lowest BCUT2D eigenvalue weighted by Crippen LogP contribution is -2.37. The van der Waals surface area contributed by atoms with Gasteiger partial charge in [0.2, 0.25) is 5.91 Å². The molecular formula is C14H18ClNO3S. The molecular weight excluding hydrogens is 298 g/mol. The SMILES string of the molecule is CC(C)C(C)NC(=O)CSc1ccc(Cl)c(C(=O)O)c1. The molecule has 1 unspecified atom stereocenters. The van der Waals surface area contributed by atoms with Crippen LogP contribution in [0.25, 0.3) is 0 Å². The quantitative estimate of drug-likeness (QED) is 0.791. The number of amides is 1. The van der Waals surface area contributed by atoms with Gasteiger partial charge in [0.05, 0.1) is 16.3 Å². The molecule has 1 amide bonds. The second-order valence-electron chi connectivity index (χ2n) is 4.84. The zero-order valence-electron chi connectivity index (χ0n) is 11.6. The first kappa shape index (κ1) is 16.9. The molecule has 0 aliphatic heterocycles. The van der Waals surface area contributed by atoms with Crippen LogP contribution in [0.15, 0.2) is 23.1 Å². The molecule has 0 aliphatic carbocycles. The fraction of sp³-hybridized carbons (Fsp3) is 0.429. The number of nitrogens with one attached hydrogen (secondary N) is 1. The Bertz CT molecular complexity index is 505. The lowest BCUT2D eigenvalue weighted by atomic mass is 10.1. The maximum Gasteiger partial charge on any atom is 0.337 e. The van der Waals surface area contributed by atoms with Crippen molar-refractivity contribution < 1.29 is 14.7 Å². The maximum atomic E-state index is 11.7. The van der Waals surface area contributed by atoms with Crippen molar-refractivity contribution in [3.05, 3.63) is 28.8 Å². The van der Waals surface area contributed by atoms with E-state index in [0.29, 0.717) is 10.8 Å². The third kappa shape index (κ3) is 5.06. The summed E-state index contributed by atoms with van der Waals surface area (Å²) in [6, 6.07) is 4.83. The highest BCUT2D eigenvalue weighted by molar-refractivity contribution is 8.00. The van der Waals surface area contributed by atoms with E-state index >= 15 is 0 Å². The number of carboxylic acids is 1. The number of hydrogen-bond donors (Lipinski definition) is 2. The van der Waals surface area contributed by atoms with Gasteiger partial charge in [-0.1, -0.05) is 25.4 Å². The van der Waals surface area contributed by atoms with E-state index in [1.807, 2.05) is 20.8 Å². The van der Waals surface area contributed by atoms with Crippen molar-refractivity contribution in [1.29, 1.82) is 0 Å². The molecule has 0 spiro atoms. The van der Waals surface area contributed by atoms with Gasteiger partial charge in [-0.05, 0) is 31.0 Å². The molecule has 0 saturated heterocycles. The second-order valence-corrected chi connectivity index (χ2v) is 6.29. The van der Waals surface area contributed by atoms with Crippen LogP contribution >= 0.6 is 23.4 Å². The molecule has 1 rings (SSSR count). The van der Waals surface area contributed by atoms with Crippen molar-refractivity contribution in [2.75, 3.05) is 5.75 Å². The standard InChI is InChI=1S/C14H18ClNO3S/c1-8(2)9(3)16-13(17)7-20-10-4-5-12(15)11(6-10)14(18)19/h4-6,8-9H,7H2,1-3H3,(H,16,17)(H,18,19). The van der Waals surface area contributed by atoms with E-state index in [2.05, 4.69) is 5.32 Å². The van der Waals surface area contributed by atoms with Crippen molar-refractivity contribution in [2.45, 2.75) is 31.7 Å². The molecule has 0 fully saturated rings.